The lowest BCUT2D eigenvalue weighted by molar-refractivity contribution is -0.133. The van der Waals surface area contributed by atoms with Crippen molar-refractivity contribution < 1.29 is 18.7 Å². The highest BCUT2D eigenvalue weighted by Gasteiger charge is 2.33. The van der Waals surface area contributed by atoms with Gasteiger partial charge in [-0.25, -0.2) is 4.39 Å². The number of carbonyl (C=O) groups excluding carboxylic acids is 2. The average Bonchev–Trinajstić information content (AvgIpc) is 2.96. The Labute approximate surface area is 185 Å². The van der Waals surface area contributed by atoms with E-state index < -0.39 is 0 Å². The van der Waals surface area contributed by atoms with E-state index in [9.17, 15) is 14.0 Å². The van der Waals surface area contributed by atoms with Gasteiger partial charge in [-0.05, 0) is 43.7 Å². The van der Waals surface area contributed by atoms with E-state index in [0.29, 0.717) is 23.1 Å². The maximum Gasteiger partial charge on any atom is 0.256 e. The van der Waals surface area contributed by atoms with Gasteiger partial charge in [0.25, 0.3) is 5.91 Å². The molecule has 166 valence electrons. The lowest BCUT2D eigenvalue weighted by Crippen LogP contribution is -2.42. The summed E-state index contributed by atoms with van der Waals surface area (Å²) in [5.74, 6) is -0.729. The van der Waals surface area contributed by atoms with Crippen LogP contribution in [0.4, 0.5) is 4.39 Å². The van der Waals surface area contributed by atoms with Gasteiger partial charge in [-0.3, -0.25) is 19.6 Å². The molecule has 0 radical (unpaired) electrons. The molecule has 1 atom stereocenters. The van der Waals surface area contributed by atoms with Crippen molar-refractivity contribution in [1.29, 1.82) is 0 Å². The van der Waals surface area contributed by atoms with Gasteiger partial charge in [0.05, 0.1) is 23.8 Å². The molecule has 1 fully saturated rings. The van der Waals surface area contributed by atoms with E-state index in [2.05, 4.69) is 9.97 Å². The summed E-state index contributed by atoms with van der Waals surface area (Å²) in [6.45, 7) is 4.72. The van der Waals surface area contributed by atoms with Gasteiger partial charge < -0.3 is 14.5 Å². The Kier molecular flexibility index (Phi) is 6.41. The lowest BCUT2D eigenvalue weighted by atomic mass is 10.1. The number of para-hydroxylation sites is 1. The van der Waals surface area contributed by atoms with Crippen LogP contribution in [0.3, 0.4) is 0 Å². The van der Waals surface area contributed by atoms with E-state index in [1.165, 1.54) is 17.0 Å². The van der Waals surface area contributed by atoms with Gasteiger partial charge in [-0.2, -0.15) is 0 Å². The molecule has 1 saturated heterocycles. The Morgan fingerprint density at radius 1 is 1.12 bits per heavy atom. The second kappa shape index (κ2) is 9.40. The molecule has 2 aromatic carbocycles. The summed E-state index contributed by atoms with van der Waals surface area (Å²) in [6.07, 6.45) is 2.73. The highest BCUT2D eigenvalue weighted by atomic mass is 19.1. The lowest BCUT2D eigenvalue weighted by Gasteiger charge is -2.27. The van der Waals surface area contributed by atoms with Crippen LogP contribution in [0, 0.1) is 5.82 Å². The molecule has 0 bridgehead atoms. The van der Waals surface area contributed by atoms with Gasteiger partial charge in [0.1, 0.15) is 17.9 Å². The van der Waals surface area contributed by atoms with Crippen molar-refractivity contribution in [1.82, 2.24) is 19.8 Å². The fourth-order valence-corrected chi connectivity index (χ4v) is 3.83. The van der Waals surface area contributed by atoms with Gasteiger partial charge in [-0.15, -0.1) is 0 Å². The first-order chi connectivity index (χ1) is 15.4. The summed E-state index contributed by atoms with van der Waals surface area (Å²) < 4.78 is 19.3. The van der Waals surface area contributed by atoms with Crippen LogP contribution in [0.1, 0.15) is 29.8 Å². The van der Waals surface area contributed by atoms with Crippen LogP contribution in [0.25, 0.3) is 11.0 Å². The molecule has 1 unspecified atom stereocenters. The third kappa shape index (κ3) is 4.75. The number of benzene rings is 2. The van der Waals surface area contributed by atoms with Crippen LogP contribution < -0.4 is 0 Å². The second-order valence-corrected chi connectivity index (χ2v) is 8.11. The summed E-state index contributed by atoms with van der Waals surface area (Å²) >= 11 is 0. The topological polar surface area (TPSA) is 75.6 Å². The van der Waals surface area contributed by atoms with E-state index in [1.54, 1.807) is 47.6 Å². The molecule has 0 spiro atoms. The molecule has 0 saturated carbocycles. The maximum atomic E-state index is 13.4. The van der Waals surface area contributed by atoms with Crippen molar-refractivity contribution >= 4 is 22.8 Å². The molecule has 1 aromatic heterocycles. The van der Waals surface area contributed by atoms with E-state index in [1.807, 2.05) is 13.8 Å². The smallest absolute Gasteiger partial charge is 0.256 e. The maximum absolute atomic E-state index is 13.4. The molecule has 1 aliphatic rings. The number of fused-ring (bicyclic) bond motifs is 1. The third-order valence-electron chi connectivity index (χ3n) is 5.51. The number of aromatic nitrogens is 2. The molecule has 0 aliphatic carbocycles. The van der Waals surface area contributed by atoms with E-state index in [0.717, 1.165) is 5.56 Å². The number of hydrogen-bond donors (Lipinski definition) is 0. The number of carbonyl (C=O) groups is 2. The summed E-state index contributed by atoms with van der Waals surface area (Å²) in [5.41, 5.74) is 2.34. The Hall–Kier alpha value is -3.39. The van der Waals surface area contributed by atoms with Crippen molar-refractivity contribution in [3.8, 4) is 0 Å². The molecular weight excluding hydrogens is 411 g/mol. The molecular formula is C24H25FN4O3. The Balaban J connectivity index is 1.58. The van der Waals surface area contributed by atoms with E-state index in [-0.39, 0.29) is 49.5 Å². The minimum Gasteiger partial charge on any atom is -0.370 e. The molecule has 4 rings (SSSR count). The fourth-order valence-electron chi connectivity index (χ4n) is 3.83. The zero-order valence-corrected chi connectivity index (χ0v) is 18.1. The average molecular weight is 436 g/mol. The second-order valence-electron chi connectivity index (χ2n) is 8.11. The van der Waals surface area contributed by atoms with Crippen molar-refractivity contribution in [3.05, 3.63) is 71.8 Å². The third-order valence-corrected chi connectivity index (χ3v) is 5.51. The van der Waals surface area contributed by atoms with Crippen LogP contribution in [0.2, 0.25) is 0 Å². The zero-order valence-electron chi connectivity index (χ0n) is 18.1. The van der Waals surface area contributed by atoms with Crippen LogP contribution in [0.5, 0.6) is 0 Å². The largest absolute Gasteiger partial charge is 0.370 e. The van der Waals surface area contributed by atoms with Crippen LogP contribution in [0.15, 0.2) is 54.9 Å². The van der Waals surface area contributed by atoms with Gasteiger partial charge >= 0.3 is 0 Å². The SMILES string of the molecule is CC(C)N1CC(OCc2ccc(F)cc2)CN(C(=O)c2cccc3nccnc23)CC1=O. The standard InChI is InChI=1S/C24H25FN4O3/c1-16(2)29-13-19(32-15-17-6-8-18(25)9-7-17)12-28(14-22(29)30)24(31)20-4-3-5-21-23(20)27-11-10-26-21/h3-11,16,19H,12-15H2,1-2H3. The predicted molar refractivity (Wildman–Crippen MR) is 117 cm³/mol. The summed E-state index contributed by atoms with van der Waals surface area (Å²) in [6, 6.07) is 11.3. The van der Waals surface area contributed by atoms with E-state index >= 15 is 0 Å². The van der Waals surface area contributed by atoms with E-state index in [4.69, 9.17) is 4.74 Å². The molecule has 2 heterocycles. The minimum atomic E-state index is -0.390. The highest BCUT2D eigenvalue weighted by molar-refractivity contribution is 6.05. The zero-order chi connectivity index (χ0) is 22.7. The Morgan fingerprint density at radius 3 is 2.62 bits per heavy atom. The van der Waals surface area contributed by atoms with Crippen molar-refractivity contribution in [3.63, 3.8) is 0 Å². The van der Waals surface area contributed by atoms with Crippen LogP contribution in [-0.4, -0.2) is 63.4 Å². The van der Waals surface area contributed by atoms with Gasteiger partial charge in [0, 0.05) is 31.5 Å². The summed E-state index contributed by atoms with van der Waals surface area (Å²) in [7, 11) is 0. The van der Waals surface area contributed by atoms with Crippen molar-refractivity contribution in [2.24, 2.45) is 0 Å². The van der Waals surface area contributed by atoms with Gasteiger partial charge in [0.2, 0.25) is 5.91 Å². The number of halogens is 1. The van der Waals surface area contributed by atoms with Gasteiger partial charge in [0.15, 0.2) is 0 Å². The van der Waals surface area contributed by atoms with Gasteiger partial charge in [-0.1, -0.05) is 18.2 Å². The Bertz CT molecular complexity index is 1110. The predicted octanol–water partition coefficient (Wildman–Crippen LogP) is 3.05. The number of rotatable bonds is 5. The number of hydrogen-bond acceptors (Lipinski definition) is 5. The minimum absolute atomic E-state index is 0.0297. The molecule has 7 nitrogen and oxygen atoms in total. The molecule has 8 heteroatoms. The normalized spacial score (nSPS) is 17.1. The first-order valence-electron chi connectivity index (χ1n) is 10.6. The van der Waals surface area contributed by atoms with Crippen LogP contribution >= 0.6 is 0 Å². The first-order valence-corrected chi connectivity index (χ1v) is 10.6. The molecule has 1 aliphatic heterocycles. The monoisotopic (exact) mass is 436 g/mol. The quantitative estimate of drug-likeness (QED) is 0.615. The Morgan fingerprint density at radius 2 is 1.88 bits per heavy atom. The molecule has 3 aromatic rings. The molecule has 32 heavy (non-hydrogen) atoms. The molecule has 0 N–H and O–H groups in total. The van der Waals surface area contributed by atoms with Crippen molar-refractivity contribution in [2.75, 3.05) is 19.6 Å². The summed E-state index contributed by atoms with van der Waals surface area (Å²) in [5, 5.41) is 0. The highest BCUT2D eigenvalue weighted by Crippen LogP contribution is 2.19. The first kappa shape index (κ1) is 21.8. The molecule has 2 amide bonds. The summed E-state index contributed by atoms with van der Waals surface area (Å²) in [4.78, 5) is 38.2. The number of ether oxygens (including phenoxy) is 1. The fraction of sp³-hybridized carbons (Fsp3) is 0.333. The van der Waals surface area contributed by atoms with Crippen molar-refractivity contribution in [2.45, 2.75) is 32.6 Å². The number of nitrogens with zero attached hydrogens (tertiary/aromatic N) is 4. The number of amides is 2. The van der Waals surface area contributed by atoms with Crippen LogP contribution in [-0.2, 0) is 16.1 Å².